The van der Waals surface area contributed by atoms with E-state index in [1.165, 1.54) is 17.9 Å². The van der Waals surface area contributed by atoms with Crippen molar-refractivity contribution in [3.8, 4) is 17.2 Å². The molecule has 2 aromatic rings. The molecule has 0 spiro atoms. The molecule has 1 atom stereocenters. The molecule has 8 heteroatoms. The predicted octanol–water partition coefficient (Wildman–Crippen LogP) is 1.49. The highest BCUT2D eigenvalue weighted by atomic mass is 16.5. The zero-order valence-corrected chi connectivity index (χ0v) is 17.0. The van der Waals surface area contributed by atoms with E-state index in [0.29, 0.717) is 23.7 Å². The number of hydrogen-bond donors (Lipinski definition) is 1. The summed E-state index contributed by atoms with van der Waals surface area (Å²) < 4.78 is 17.3. The summed E-state index contributed by atoms with van der Waals surface area (Å²) in [7, 11) is 6.27. The number of aromatic nitrogens is 2. The third-order valence-electron chi connectivity index (χ3n) is 4.91. The van der Waals surface area contributed by atoms with E-state index in [0.717, 1.165) is 29.7 Å². The maximum absolute atomic E-state index is 12.4. The molecule has 0 saturated heterocycles. The van der Waals surface area contributed by atoms with Gasteiger partial charge in [0.15, 0.2) is 11.5 Å². The largest absolute Gasteiger partial charge is 0.493 e. The predicted molar refractivity (Wildman–Crippen MR) is 109 cm³/mol. The van der Waals surface area contributed by atoms with E-state index in [4.69, 9.17) is 14.2 Å². The Bertz CT molecular complexity index is 971. The van der Waals surface area contributed by atoms with Crippen molar-refractivity contribution in [2.24, 2.45) is 7.05 Å². The van der Waals surface area contributed by atoms with Crippen molar-refractivity contribution in [3.05, 3.63) is 51.4 Å². The smallest absolute Gasteiger partial charge is 0.266 e. The van der Waals surface area contributed by atoms with Crippen molar-refractivity contribution in [2.75, 3.05) is 21.3 Å². The fraction of sp³-hybridized carbons (Fsp3) is 0.381. The molecule has 0 unspecified atom stereocenters. The van der Waals surface area contributed by atoms with Gasteiger partial charge in [-0.15, -0.1) is 0 Å². The minimum atomic E-state index is -0.205. The zero-order valence-electron chi connectivity index (χ0n) is 17.0. The summed E-state index contributed by atoms with van der Waals surface area (Å²) in [5.41, 5.74) is 2.43. The molecule has 29 heavy (non-hydrogen) atoms. The molecule has 0 bridgehead atoms. The Morgan fingerprint density at radius 1 is 1.17 bits per heavy atom. The average Bonchev–Trinajstić information content (AvgIpc) is 2.72. The molecule has 0 fully saturated rings. The first-order chi connectivity index (χ1) is 13.9. The fourth-order valence-electron chi connectivity index (χ4n) is 3.43. The molecular weight excluding hydrogens is 374 g/mol. The number of amides is 1. The number of benzene rings is 1. The van der Waals surface area contributed by atoms with Crippen LogP contribution in [0.1, 0.15) is 23.2 Å². The first kappa shape index (κ1) is 20.4. The van der Waals surface area contributed by atoms with Crippen LogP contribution in [0.3, 0.4) is 0 Å². The third-order valence-corrected chi connectivity index (χ3v) is 4.91. The zero-order chi connectivity index (χ0) is 21.0. The van der Waals surface area contributed by atoms with E-state index < -0.39 is 0 Å². The number of nitrogens with one attached hydrogen (secondary N) is 1. The van der Waals surface area contributed by atoms with Gasteiger partial charge >= 0.3 is 0 Å². The van der Waals surface area contributed by atoms with Gasteiger partial charge in [0.2, 0.25) is 11.7 Å². The van der Waals surface area contributed by atoms with Crippen molar-refractivity contribution in [1.82, 2.24) is 15.1 Å². The minimum Gasteiger partial charge on any atom is -0.493 e. The van der Waals surface area contributed by atoms with Crippen LogP contribution in [0.2, 0.25) is 0 Å². The molecule has 1 aromatic heterocycles. The minimum absolute atomic E-state index is 0.0338. The number of carbonyl (C=O) groups excluding carboxylic acids is 1. The first-order valence-corrected chi connectivity index (χ1v) is 9.29. The van der Waals surface area contributed by atoms with Gasteiger partial charge in [-0.05, 0) is 48.6 Å². The van der Waals surface area contributed by atoms with Crippen LogP contribution >= 0.6 is 0 Å². The average molecular weight is 399 g/mol. The van der Waals surface area contributed by atoms with Crippen LogP contribution in [0.25, 0.3) is 6.08 Å². The number of aryl methyl sites for hydroxylation is 2. The highest BCUT2D eigenvalue weighted by molar-refractivity contribution is 5.92. The van der Waals surface area contributed by atoms with Gasteiger partial charge in [-0.25, -0.2) is 4.68 Å². The third kappa shape index (κ3) is 4.59. The molecule has 1 aliphatic carbocycles. The van der Waals surface area contributed by atoms with Gasteiger partial charge in [-0.2, -0.15) is 5.10 Å². The summed E-state index contributed by atoms with van der Waals surface area (Å²) >= 11 is 0. The second kappa shape index (κ2) is 8.81. The lowest BCUT2D eigenvalue weighted by atomic mass is 9.92. The Kier molecular flexibility index (Phi) is 6.21. The summed E-state index contributed by atoms with van der Waals surface area (Å²) in [5, 5.41) is 7.29. The second-order valence-electron chi connectivity index (χ2n) is 6.82. The lowest BCUT2D eigenvalue weighted by Gasteiger charge is -2.24. The topological polar surface area (TPSA) is 91.7 Å². The summed E-state index contributed by atoms with van der Waals surface area (Å²) in [6, 6.07) is 5.10. The highest BCUT2D eigenvalue weighted by Gasteiger charge is 2.21. The maximum atomic E-state index is 12.4. The van der Waals surface area contributed by atoms with Crippen molar-refractivity contribution < 1.29 is 19.0 Å². The molecule has 0 aliphatic heterocycles. The fourth-order valence-corrected chi connectivity index (χ4v) is 3.43. The van der Waals surface area contributed by atoms with Gasteiger partial charge in [0.05, 0.1) is 27.0 Å². The first-order valence-electron chi connectivity index (χ1n) is 9.29. The number of hydrogen-bond acceptors (Lipinski definition) is 6. The lowest BCUT2D eigenvalue weighted by Crippen LogP contribution is -2.39. The van der Waals surface area contributed by atoms with Crippen LogP contribution in [0.4, 0.5) is 0 Å². The van der Waals surface area contributed by atoms with E-state index in [1.54, 1.807) is 45.5 Å². The van der Waals surface area contributed by atoms with Gasteiger partial charge in [0.25, 0.3) is 5.56 Å². The van der Waals surface area contributed by atoms with Crippen LogP contribution in [-0.4, -0.2) is 43.1 Å². The van der Waals surface area contributed by atoms with E-state index >= 15 is 0 Å². The SMILES string of the molecule is COc1cc(/C=C/C(=O)N[C@H]2CCc3nn(C)c(=O)cc3C2)cc(OC)c1OC. The van der Waals surface area contributed by atoms with E-state index in [2.05, 4.69) is 10.4 Å². The van der Waals surface area contributed by atoms with E-state index in [9.17, 15) is 9.59 Å². The Labute approximate surface area is 169 Å². The number of fused-ring (bicyclic) bond motifs is 1. The number of carbonyl (C=O) groups is 1. The summed E-state index contributed by atoms with van der Waals surface area (Å²) in [5.74, 6) is 1.33. The molecular formula is C21H25N3O5. The van der Waals surface area contributed by atoms with Crippen LogP contribution in [0.5, 0.6) is 17.2 Å². The molecule has 1 aliphatic rings. The standard InChI is InChI=1S/C21H25N3O5/c1-24-20(26)12-14-11-15(6-7-16(14)23-24)22-19(25)8-5-13-9-17(27-2)21(29-4)18(10-13)28-3/h5,8-10,12,15H,6-7,11H2,1-4H3,(H,22,25)/b8-5+/t15-/m0/s1. The Hall–Kier alpha value is -3.29. The molecule has 154 valence electrons. The highest BCUT2D eigenvalue weighted by Crippen LogP contribution is 2.38. The summed E-state index contributed by atoms with van der Waals surface area (Å²) in [6.45, 7) is 0. The molecule has 3 rings (SSSR count). The molecule has 1 heterocycles. The quantitative estimate of drug-likeness (QED) is 0.740. The monoisotopic (exact) mass is 399 g/mol. The number of ether oxygens (including phenoxy) is 3. The Balaban J connectivity index is 1.69. The van der Waals surface area contributed by atoms with E-state index in [-0.39, 0.29) is 17.5 Å². The lowest BCUT2D eigenvalue weighted by molar-refractivity contribution is -0.117. The van der Waals surface area contributed by atoms with Crippen LogP contribution in [-0.2, 0) is 24.7 Å². The van der Waals surface area contributed by atoms with Gasteiger partial charge in [-0.3, -0.25) is 9.59 Å². The molecule has 0 saturated carbocycles. The van der Waals surface area contributed by atoms with Crippen molar-refractivity contribution >= 4 is 12.0 Å². The van der Waals surface area contributed by atoms with Crippen LogP contribution < -0.4 is 25.1 Å². The summed E-state index contributed by atoms with van der Waals surface area (Å²) in [4.78, 5) is 24.2. The number of methoxy groups -OCH3 is 3. The molecule has 1 N–H and O–H groups in total. The van der Waals surface area contributed by atoms with Crippen molar-refractivity contribution in [1.29, 1.82) is 0 Å². The Morgan fingerprint density at radius 3 is 2.48 bits per heavy atom. The molecule has 8 nitrogen and oxygen atoms in total. The molecule has 1 aromatic carbocycles. The van der Waals surface area contributed by atoms with Crippen LogP contribution in [0, 0.1) is 0 Å². The van der Waals surface area contributed by atoms with E-state index in [1.807, 2.05) is 0 Å². The summed E-state index contributed by atoms with van der Waals surface area (Å²) in [6.07, 6.45) is 5.27. The second-order valence-corrected chi connectivity index (χ2v) is 6.82. The number of rotatable bonds is 6. The molecule has 1 amide bonds. The van der Waals surface area contributed by atoms with Gasteiger partial charge in [-0.1, -0.05) is 0 Å². The Morgan fingerprint density at radius 2 is 1.86 bits per heavy atom. The van der Waals surface area contributed by atoms with Crippen molar-refractivity contribution in [3.63, 3.8) is 0 Å². The maximum Gasteiger partial charge on any atom is 0.266 e. The van der Waals surface area contributed by atoms with Gasteiger partial charge in [0.1, 0.15) is 0 Å². The number of nitrogens with zero attached hydrogens (tertiary/aromatic N) is 2. The molecule has 0 radical (unpaired) electrons. The van der Waals surface area contributed by atoms with Gasteiger partial charge in [0, 0.05) is 25.2 Å². The van der Waals surface area contributed by atoms with Gasteiger partial charge < -0.3 is 19.5 Å². The van der Waals surface area contributed by atoms with Crippen molar-refractivity contribution in [2.45, 2.75) is 25.3 Å². The van der Waals surface area contributed by atoms with Crippen LogP contribution in [0.15, 0.2) is 29.1 Å². The normalized spacial score (nSPS) is 15.7.